The summed E-state index contributed by atoms with van der Waals surface area (Å²) >= 11 is 0. The fraction of sp³-hybridized carbons (Fsp3) is 0.429. The number of benzene rings is 2. The first-order valence-electron chi connectivity index (χ1n) is 8.83. The molecule has 0 atom stereocenters. The molecule has 2 rings (SSSR count). The molecule has 0 radical (unpaired) electrons. The maximum Gasteiger partial charge on any atom is 0.120 e. The van der Waals surface area contributed by atoms with Gasteiger partial charge in [-0.1, -0.05) is 36.4 Å². The van der Waals surface area contributed by atoms with E-state index in [0.717, 1.165) is 30.6 Å². The van der Waals surface area contributed by atoms with Gasteiger partial charge in [0.15, 0.2) is 0 Å². The lowest BCUT2D eigenvalue weighted by atomic mass is 10.0. The van der Waals surface area contributed by atoms with Gasteiger partial charge in [0.2, 0.25) is 0 Å². The van der Waals surface area contributed by atoms with Crippen LogP contribution in [-0.4, -0.2) is 45.3 Å². The van der Waals surface area contributed by atoms with Crippen molar-refractivity contribution in [3.05, 3.63) is 54.1 Å². The Morgan fingerprint density at radius 2 is 1.60 bits per heavy atom. The van der Waals surface area contributed by atoms with Crippen LogP contribution in [0.1, 0.15) is 18.4 Å². The van der Waals surface area contributed by atoms with Crippen LogP contribution in [0.2, 0.25) is 0 Å². The number of ether oxygens (including phenoxy) is 3. The maximum absolute atomic E-state index is 8.91. The maximum atomic E-state index is 8.91. The van der Waals surface area contributed by atoms with E-state index in [9.17, 15) is 0 Å². The van der Waals surface area contributed by atoms with Crippen molar-refractivity contribution < 1.29 is 19.3 Å². The molecule has 0 aliphatic carbocycles. The third-order valence-electron chi connectivity index (χ3n) is 3.90. The normalized spacial score (nSPS) is 10.8. The predicted octanol–water partition coefficient (Wildman–Crippen LogP) is 3.71. The highest BCUT2D eigenvalue weighted by Gasteiger charge is 2.02. The number of hydrogen-bond acceptors (Lipinski definition) is 4. The average molecular weight is 344 g/mol. The number of hydrogen-bond donors (Lipinski definition) is 1. The number of rotatable bonds is 12. The van der Waals surface area contributed by atoms with Gasteiger partial charge in [0.25, 0.3) is 0 Å². The van der Waals surface area contributed by atoms with Gasteiger partial charge in [-0.25, -0.2) is 0 Å². The molecule has 1 N–H and O–H groups in total. The highest BCUT2D eigenvalue weighted by Crippen LogP contribution is 2.25. The standard InChI is InChI=1S/C21H28O4/c1-23-12-13-24-14-15-25-21-10-5-9-20(17-21)19-8-4-7-18(16-19)6-2-3-11-22/h4-5,7-10,16-17,22H,2-3,6,11-15H2,1H3. The second-order valence-electron chi connectivity index (χ2n) is 5.86. The molecule has 0 saturated carbocycles. The van der Waals surface area contributed by atoms with E-state index in [0.29, 0.717) is 26.4 Å². The summed E-state index contributed by atoms with van der Waals surface area (Å²) in [4.78, 5) is 0. The molecular formula is C21H28O4. The summed E-state index contributed by atoms with van der Waals surface area (Å²) in [5, 5.41) is 8.91. The largest absolute Gasteiger partial charge is 0.491 e. The predicted molar refractivity (Wildman–Crippen MR) is 100 cm³/mol. The van der Waals surface area contributed by atoms with E-state index in [2.05, 4.69) is 36.4 Å². The molecule has 136 valence electrons. The van der Waals surface area contributed by atoms with Crippen LogP contribution in [0.4, 0.5) is 0 Å². The summed E-state index contributed by atoms with van der Waals surface area (Å²) in [6.45, 7) is 2.52. The molecule has 0 bridgehead atoms. The lowest BCUT2D eigenvalue weighted by Gasteiger charge is -2.10. The second kappa shape index (κ2) is 11.6. The van der Waals surface area contributed by atoms with Crippen molar-refractivity contribution in [2.75, 3.05) is 40.1 Å². The molecule has 0 fully saturated rings. The van der Waals surface area contributed by atoms with Gasteiger partial charge in [0, 0.05) is 13.7 Å². The van der Waals surface area contributed by atoms with Gasteiger partial charge in [-0.05, 0) is 48.1 Å². The van der Waals surface area contributed by atoms with Crippen LogP contribution in [-0.2, 0) is 15.9 Å². The highest BCUT2D eigenvalue weighted by atomic mass is 16.5. The van der Waals surface area contributed by atoms with Crippen molar-refractivity contribution in [3.63, 3.8) is 0 Å². The first-order chi connectivity index (χ1) is 12.3. The van der Waals surface area contributed by atoms with E-state index in [1.54, 1.807) is 7.11 Å². The second-order valence-corrected chi connectivity index (χ2v) is 5.86. The molecule has 2 aromatic rings. The first kappa shape index (κ1) is 19.4. The molecule has 0 aromatic heterocycles. The van der Waals surface area contributed by atoms with Crippen molar-refractivity contribution in [3.8, 4) is 16.9 Å². The molecule has 0 amide bonds. The lowest BCUT2D eigenvalue weighted by molar-refractivity contribution is 0.0544. The number of methoxy groups -OCH3 is 1. The summed E-state index contributed by atoms with van der Waals surface area (Å²) in [6.07, 6.45) is 2.84. The van der Waals surface area contributed by atoms with Gasteiger partial charge >= 0.3 is 0 Å². The monoisotopic (exact) mass is 344 g/mol. The zero-order chi connectivity index (χ0) is 17.7. The van der Waals surface area contributed by atoms with Crippen molar-refractivity contribution in [2.45, 2.75) is 19.3 Å². The highest BCUT2D eigenvalue weighted by molar-refractivity contribution is 5.65. The Hall–Kier alpha value is -1.88. The van der Waals surface area contributed by atoms with E-state index < -0.39 is 0 Å². The summed E-state index contributed by atoms with van der Waals surface area (Å²) in [6, 6.07) is 16.7. The van der Waals surface area contributed by atoms with Crippen LogP contribution in [0, 0.1) is 0 Å². The fourth-order valence-electron chi connectivity index (χ4n) is 2.58. The minimum Gasteiger partial charge on any atom is -0.491 e. The van der Waals surface area contributed by atoms with Crippen molar-refractivity contribution >= 4 is 0 Å². The molecule has 0 aliphatic heterocycles. The van der Waals surface area contributed by atoms with Gasteiger partial charge in [-0.15, -0.1) is 0 Å². The van der Waals surface area contributed by atoms with Crippen LogP contribution >= 0.6 is 0 Å². The zero-order valence-corrected chi connectivity index (χ0v) is 14.9. The first-order valence-corrected chi connectivity index (χ1v) is 8.83. The molecule has 0 heterocycles. The van der Waals surface area contributed by atoms with Crippen LogP contribution < -0.4 is 4.74 Å². The van der Waals surface area contributed by atoms with Gasteiger partial charge in [0.1, 0.15) is 12.4 Å². The Balaban J connectivity index is 1.90. The van der Waals surface area contributed by atoms with E-state index in [4.69, 9.17) is 19.3 Å². The fourth-order valence-corrected chi connectivity index (χ4v) is 2.58. The van der Waals surface area contributed by atoms with Crippen LogP contribution in [0.25, 0.3) is 11.1 Å². The molecule has 0 saturated heterocycles. The summed E-state index contributed by atoms with van der Waals surface area (Å²) < 4.78 is 16.1. The summed E-state index contributed by atoms with van der Waals surface area (Å²) in [5.41, 5.74) is 3.62. The minimum absolute atomic E-state index is 0.258. The van der Waals surface area contributed by atoms with Gasteiger partial charge < -0.3 is 19.3 Å². The third-order valence-corrected chi connectivity index (χ3v) is 3.90. The van der Waals surface area contributed by atoms with Crippen LogP contribution in [0.15, 0.2) is 48.5 Å². The smallest absolute Gasteiger partial charge is 0.120 e. The molecule has 2 aromatic carbocycles. The Labute approximate surface area is 150 Å². The van der Waals surface area contributed by atoms with Gasteiger partial charge in [-0.2, -0.15) is 0 Å². The molecule has 0 aliphatic rings. The molecular weight excluding hydrogens is 316 g/mol. The number of aryl methyl sites for hydroxylation is 1. The molecule has 0 spiro atoms. The molecule has 4 heteroatoms. The van der Waals surface area contributed by atoms with Gasteiger partial charge in [-0.3, -0.25) is 0 Å². The summed E-state index contributed by atoms with van der Waals surface area (Å²) in [5.74, 6) is 0.846. The molecule has 4 nitrogen and oxygen atoms in total. The number of aliphatic hydroxyl groups excluding tert-OH is 1. The third kappa shape index (κ3) is 7.26. The quantitative estimate of drug-likeness (QED) is 0.596. The number of unbranched alkanes of at least 4 members (excludes halogenated alkanes) is 1. The average Bonchev–Trinajstić information content (AvgIpc) is 2.65. The Morgan fingerprint density at radius 3 is 2.40 bits per heavy atom. The van der Waals surface area contributed by atoms with Gasteiger partial charge in [0.05, 0.1) is 19.8 Å². The van der Waals surface area contributed by atoms with Crippen LogP contribution in [0.3, 0.4) is 0 Å². The summed E-state index contributed by atoms with van der Waals surface area (Å²) in [7, 11) is 1.66. The molecule has 25 heavy (non-hydrogen) atoms. The topological polar surface area (TPSA) is 47.9 Å². The van der Waals surface area contributed by atoms with Crippen LogP contribution in [0.5, 0.6) is 5.75 Å². The minimum atomic E-state index is 0.258. The Kier molecular flexibility index (Phi) is 9.05. The zero-order valence-electron chi connectivity index (χ0n) is 14.9. The SMILES string of the molecule is COCCOCCOc1cccc(-c2cccc(CCCCO)c2)c1. The Morgan fingerprint density at radius 1 is 0.840 bits per heavy atom. The van der Waals surface area contributed by atoms with E-state index in [1.165, 1.54) is 11.1 Å². The van der Waals surface area contributed by atoms with Crippen molar-refractivity contribution in [1.29, 1.82) is 0 Å². The number of aliphatic hydroxyl groups is 1. The van der Waals surface area contributed by atoms with E-state index in [1.807, 2.05) is 12.1 Å². The van der Waals surface area contributed by atoms with Crippen molar-refractivity contribution in [2.24, 2.45) is 0 Å². The lowest BCUT2D eigenvalue weighted by Crippen LogP contribution is -2.09. The van der Waals surface area contributed by atoms with E-state index in [-0.39, 0.29) is 6.61 Å². The van der Waals surface area contributed by atoms with E-state index >= 15 is 0 Å². The molecule has 0 unspecified atom stereocenters. The van der Waals surface area contributed by atoms with Crippen molar-refractivity contribution in [1.82, 2.24) is 0 Å². The Bertz CT molecular complexity index is 612.